The minimum atomic E-state index is -0.156. The van der Waals surface area contributed by atoms with Crippen LogP contribution < -0.4 is 4.90 Å². The van der Waals surface area contributed by atoms with Gasteiger partial charge in [0.15, 0.2) is 5.76 Å². The monoisotopic (exact) mass is 286 g/mol. The standard InChI is InChI=1S/C16H18N2O3/c1-11-14(19)17-15(21-11)18-8-6-16(7-9-18)13-5-3-2-4-12(13)10-20-16/h2-5,19H,6-10H2,1H3. The average molecular weight is 286 g/mol. The molecule has 2 aliphatic heterocycles. The van der Waals surface area contributed by atoms with Crippen LogP contribution in [0.3, 0.4) is 0 Å². The van der Waals surface area contributed by atoms with Crippen molar-refractivity contribution in [2.75, 3.05) is 18.0 Å². The minimum Gasteiger partial charge on any atom is -0.491 e. The summed E-state index contributed by atoms with van der Waals surface area (Å²) in [5.41, 5.74) is 2.48. The number of rotatable bonds is 1. The smallest absolute Gasteiger partial charge is 0.300 e. The van der Waals surface area contributed by atoms with Crippen molar-refractivity contribution in [3.8, 4) is 5.88 Å². The summed E-state index contributed by atoms with van der Waals surface area (Å²) in [5, 5.41) is 9.55. The van der Waals surface area contributed by atoms with Gasteiger partial charge in [-0.25, -0.2) is 0 Å². The van der Waals surface area contributed by atoms with Crippen LogP contribution in [0.2, 0.25) is 0 Å². The lowest BCUT2D eigenvalue weighted by Gasteiger charge is -2.38. The van der Waals surface area contributed by atoms with Gasteiger partial charge in [0.2, 0.25) is 0 Å². The van der Waals surface area contributed by atoms with Crippen LogP contribution in [-0.4, -0.2) is 23.2 Å². The fraction of sp³-hybridized carbons (Fsp3) is 0.438. The largest absolute Gasteiger partial charge is 0.491 e. The van der Waals surface area contributed by atoms with E-state index < -0.39 is 0 Å². The Morgan fingerprint density at radius 3 is 2.71 bits per heavy atom. The van der Waals surface area contributed by atoms with Crippen molar-refractivity contribution in [2.45, 2.75) is 32.0 Å². The fourth-order valence-electron chi connectivity index (χ4n) is 3.37. The summed E-state index contributed by atoms with van der Waals surface area (Å²) in [4.78, 5) is 6.14. The van der Waals surface area contributed by atoms with Crippen LogP contribution >= 0.6 is 0 Å². The summed E-state index contributed by atoms with van der Waals surface area (Å²) in [6.45, 7) is 4.05. The summed E-state index contributed by atoms with van der Waals surface area (Å²) in [7, 11) is 0. The average Bonchev–Trinajstić information content (AvgIpc) is 3.03. The van der Waals surface area contributed by atoms with Gasteiger partial charge in [-0.15, -0.1) is 0 Å². The predicted octanol–water partition coefficient (Wildman–Crippen LogP) is 2.71. The van der Waals surface area contributed by atoms with Crippen molar-refractivity contribution in [1.29, 1.82) is 0 Å². The molecule has 1 fully saturated rings. The molecule has 5 nitrogen and oxygen atoms in total. The Hall–Kier alpha value is -2.01. The van der Waals surface area contributed by atoms with Crippen molar-refractivity contribution in [2.24, 2.45) is 0 Å². The lowest BCUT2D eigenvalue weighted by molar-refractivity contribution is -0.0555. The molecule has 0 saturated carbocycles. The van der Waals surface area contributed by atoms with Crippen LogP contribution in [0.5, 0.6) is 5.88 Å². The summed E-state index contributed by atoms with van der Waals surface area (Å²) < 4.78 is 11.6. The predicted molar refractivity (Wildman–Crippen MR) is 77.3 cm³/mol. The molecule has 3 heterocycles. The molecule has 2 aliphatic rings. The first-order valence-electron chi connectivity index (χ1n) is 7.32. The van der Waals surface area contributed by atoms with Gasteiger partial charge in [0, 0.05) is 13.1 Å². The number of nitrogens with zero attached hydrogens (tertiary/aromatic N) is 2. The number of hydrogen-bond donors (Lipinski definition) is 1. The first-order chi connectivity index (χ1) is 10.2. The van der Waals surface area contributed by atoms with Gasteiger partial charge in [-0.2, -0.15) is 4.98 Å². The van der Waals surface area contributed by atoms with Crippen LogP contribution in [-0.2, 0) is 16.9 Å². The van der Waals surface area contributed by atoms with E-state index in [0.717, 1.165) is 25.9 Å². The SMILES string of the molecule is Cc1oc(N2CCC3(CC2)OCc2ccccc23)nc1O. The van der Waals surface area contributed by atoms with E-state index in [0.29, 0.717) is 18.4 Å². The molecule has 2 aromatic rings. The van der Waals surface area contributed by atoms with Crippen molar-refractivity contribution in [1.82, 2.24) is 4.98 Å². The Labute approximate surface area is 123 Å². The summed E-state index contributed by atoms with van der Waals surface area (Å²) in [6.07, 6.45) is 1.82. The molecule has 0 bridgehead atoms. The van der Waals surface area contributed by atoms with Crippen LogP contribution in [0.4, 0.5) is 6.01 Å². The molecule has 1 spiro atoms. The lowest BCUT2D eigenvalue weighted by atomic mass is 9.84. The number of ether oxygens (including phenoxy) is 1. The fourth-order valence-corrected chi connectivity index (χ4v) is 3.37. The van der Waals surface area contributed by atoms with Crippen molar-refractivity contribution >= 4 is 6.01 Å². The third-order valence-electron chi connectivity index (χ3n) is 4.61. The van der Waals surface area contributed by atoms with Gasteiger partial charge >= 0.3 is 6.01 Å². The van der Waals surface area contributed by atoms with Crippen LogP contribution in [0.25, 0.3) is 0 Å². The van der Waals surface area contributed by atoms with Gasteiger partial charge in [0.25, 0.3) is 5.88 Å². The second-order valence-corrected chi connectivity index (χ2v) is 5.80. The summed E-state index contributed by atoms with van der Waals surface area (Å²) in [6, 6.07) is 8.97. The second kappa shape index (κ2) is 4.49. The third kappa shape index (κ3) is 1.92. The Kier molecular flexibility index (Phi) is 2.72. The number of benzene rings is 1. The highest BCUT2D eigenvalue weighted by Crippen LogP contribution is 2.44. The lowest BCUT2D eigenvalue weighted by Crippen LogP contribution is -2.42. The molecular formula is C16H18N2O3. The number of anilines is 1. The zero-order valence-electron chi connectivity index (χ0n) is 12.0. The van der Waals surface area contributed by atoms with E-state index in [1.165, 1.54) is 11.1 Å². The number of aryl methyl sites for hydroxylation is 1. The van der Waals surface area contributed by atoms with E-state index in [2.05, 4.69) is 34.1 Å². The molecule has 0 aliphatic carbocycles. The van der Waals surface area contributed by atoms with Crippen LogP contribution in [0, 0.1) is 6.92 Å². The summed E-state index contributed by atoms with van der Waals surface area (Å²) >= 11 is 0. The molecule has 0 amide bonds. The quantitative estimate of drug-likeness (QED) is 0.873. The molecule has 1 aromatic carbocycles. The molecule has 5 heteroatoms. The van der Waals surface area contributed by atoms with Crippen molar-refractivity contribution in [3.63, 3.8) is 0 Å². The van der Waals surface area contributed by atoms with Crippen molar-refractivity contribution in [3.05, 3.63) is 41.2 Å². The molecular weight excluding hydrogens is 268 g/mol. The Morgan fingerprint density at radius 2 is 2.00 bits per heavy atom. The highest BCUT2D eigenvalue weighted by Gasteiger charge is 2.43. The number of aromatic hydroxyl groups is 1. The number of aromatic nitrogens is 1. The van der Waals surface area contributed by atoms with Crippen molar-refractivity contribution < 1.29 is 14.3 Å². The van der Waals surface area contributed by atoms with E-state index in [-0.39, 0.29) is 11.5 Å². The molecule has 1 saturated heterocycles. The maximum absolute atomic E-state index is 9.55. The molecule has 1 aromatic heterocycles. The van der Waals surface area contributed by atoms with Gasteiger partial charge in [-0.05, 0) is 30.9 Å². The first-order valence-corrected chi connectivity index (χ1v) is 7.32. The van der Waals surface area contributed by atoms with Gasteiger partial charge in [-0.1, -0.05) is 24.3 Å². The Bertz CT molecular complexity index is 652. The highest BCUT2D eigenvalue weighted by atomic mass is 16.5. The van der Waals surface area contributed by atoms with Crippen LogP contribution in [0.15, 0.2) is 28.7 Å². The Morgan fingerprint density at radius 1 is 1.24 bits per heavy atom. The molecule has 0 atom stereocenters. The van der Waals surface area contributed by atoms with Gasteiger partial charge in [0.05, 0.1) is 12.2 Å². The Balaban J connectivity index is 1.55. The van der Waals surface area contributed by atoms with Gasteiger partial charge < -0.3 is 19.2 Å². The van der Waals surface area contributed by atoms with E-state index in [4.69, 9.17) is 9.15 Å². The first kappa shape index (κ1) is 12.7. The number of oxazole rings is 1. The minimum absolute atomic E-state index is 0.0206. The number of piperidine rings is 1. The van der Waals surface area contributed by atoms with Gasteiger partial charge in [0.1, 0.15) is 0 Å². The van der Waals surface area contributed by atoms with E-state index in [1.807, 2.05) is 0 Å². The maximum Gasteiger partial charge on any atom is 0.300 e. The molecule has 4 rings (SSSR count). The number of fused-ring (bicyclic) bond motifs is 2. The third-order valence-corrected chi connectivity index (χ3v) is 4.61. The molecule has 0 unspecified atom stereocenters. The highest BCUT2D eigenvalue weighted by molar-refractivity contribution is 5.39. The summed E-state index contributed by atoms with van der Waals surface area (Å²) in [5.74, 6) is 0.445. The maximum atomic E-state index is 9.55. The molecule has 1 N–H and O–H groups in total. The zero-order chi connectivity index (χ0) is 14.4. The van der Waals surface area contributed by atoms with Gasteiger partial charge in [-0.3, -0.25) is 0 Å². The molecule has 110 valence electrons. The topological polar surface area (TPSA) is 58.7 Å². The van der Waals surface area contributed by atoms with E-state index in [1.54, 1.807) is 6.92 Å². The zero-order valence-corrected chi connectivity index (χ0v) is 12.0. The van der Waals surface area contributed by atoms with E-state index in [9.17, 15) is 5.11 Å². The second-order valence-electron chi connectivity index (χ2n) is 5.80. The van der Waals surface area contributed by atoms with Crippen LogP contribution in [0.1, 0.15) is 29.7 Å². The van der Waals surface area contributed by atoms with E-state index >= 15 is 0 Å². The molecule has 0 radical (unpaired) electrons. The number of hydrogen-bond acceptors (Lipinski definition) is 5. The normalized spacial score (nSPS) is 20.0. The molecule has 21 heavy (non-hydrogen) atoms.